The number of nitrogens with zero attached hydrogens (tertiary/aromatic N) is 2. The number of hydrogen-bond acceptors (Lipinski definition) is 3. The number of likely N-dealkylation sites (N-methyl/N-ethyl adjacent to an activating group) is 1. The van der Waals surface area contributed by atoms with E-state index in [1.165, 1.54) is 6.07 Å². The lowest BCUT2D eigenvalue weighted by Crippen LogP contribution is -2.24. The van der Waals surface area contributed by atoms with Gasteiger partial charge < -0.3 is 5.32 Å². The molecule has 0 spiro atoms. The van der Waals surface area contributed by atoms with E-state index in [1.807, 2.05) is 6.92 Å². The number of benzene rings is 1. The molecule has 5 heteroatoms. The van der Waals surface area contributed by atoms with E-state index in [-0.39, 0.29) is 6.04 Å². The van der Waals surface area contributed by atoms with Gasteiger partial charge in [0.1, 0.15) is 0 Å². The minimum absolute atomic E-state index is 0.185. The Bertz CT molecular complexity index is 531. The monoisotopic (exact) mass is 263 g/mol. The summed E-state index contributed by atoms with van der Waals surface area (Å²) >= 11 is 0. The molecule has 0 amide bonds. The number of halogens is 2. The summed E-state index contributed by atoms with van der Waals surface area (Å²) in [6.45, 7) is 2.66. The van der Waals surface area contributed by atoms with E-state index >= 15 is 0 Å². The molecule has 2 rings (SSSR count). The third-order valence-electron chi connectivity index (χ3n) is 2.85. The third kappa shape index (κ3) is 3.32. The summed E-state index contributed by atoms with van der Waals surface area (Å²) in [7, 11) is 0. The van der Waals surface area contributed by atoms with Gasteiger partial charge in [0.15, 0.2) is 11.6 Å². The molecule has 0 saturated heterocycles. The van der Waals surface area contributed by atoms with Gasteiger partial charge in [0.2, 0.25) is 0 Å². The zero-order chi connectivity index (χ0) is 13.7. The smallest absolute Gasteiger partial charge is 0.162 e. The fourth-order valence-electron chi connectivity index (χ4n) is 1.94. The van der Waals surface area contributed by atoms with Gasteiger partial charge in [-0.25, -0.2) is 8.78 Å². The van der Waals surface area contributed by atoms with Gasteiger partial charge in [-0.15, -0.1) is 0 Å². The Kier molecular flexibility index (Phi) is 4.52. The second-order valence-corrected chi connectivity index (χ2v) is 4.16. The van der Waals surface area contributed by atoms with Crippen molar-refractivity contribution in [2.45, 2.75) is 19.4 Å². The zero-order valence-electron chi connectivity index (χ0n) is 10.6. The standard InChI is InChI=1S/C14H15F2N3/c1-2-18-12(13-9-17-6-7-19-13)8-10-4-3-5-11(15)14(10)16/h3-7,9,12,18H,2,8H2,1H3. The van der Waals surface area contributed by atoms with Gasteiger partial charge in [0.25, 0.3) is 0 Å². The first-order valence-corrected chi connectivity index (χ1v) is 6.14. The summed E-state index contributed by atoms with van der Waals surface area (Å²) in [4.78, 5) is 8.20. The molecular weight excluding hydrogens is 248 g/mol. The molecule has 1 atom stereocenters. The highest BCUT2D eigenvalue weighted by Gasteiger charge is 2.16. The molecule has 0 aliphatic rings. The highest BCUT2D eigenvalue weighted by atomic mass is 19.2. The number of hydrogen-bond donors (Lipinski definition) is 1. The van der Waals surface area contributed by atoms with Crippen LogP contribution in [0.1, 0.15) is 24.2 Å². The first-order valence-electron chi connectivity index (χ1n) is 6.14. The minimum Gasteiger partial charge on any atom is -0.309 e. The minimum atomic E-state index is -0.827. The van der Waals surface area contributed by atoms with E-state index in [0.717, 1.165) is 6.07 Å². The van der Waals surface area contributed by atoms with Crippen LogP contribution in [0.2, 0.25) is 0 Å². The quantitative estimate of drug-likeness (QED) is 0.901. The molecule has 19 heavy (non-hydrogen) atoms. The van der Waals surface area contributed by atoms with Gasteiger partial charge in [0, 0.05) is 18.6 Å². The SMILES string of the molecule is CCNC(Cc1cccc(F)c1F)c1cnccn1. The number of rotatable bonds is 5. The lowest BCUT2D eigenvalue weighted by atomic mass is 10.0. The van der Waals surface area contributed by atoms with E-state index in [0.29, 0.717) is 24.2 Å². The Morgan fingerprint density at radius 3 is 2.79 bits per heavy atom. The summed E-state index contributed by atoms with van der Waals surface area (Å²) in [6.07, 6.45) is 5.12. The molecule has 1 N–H and O–H groups in total. The highest BCUT2D eigenvalue weighted by molar-refractivity contribution is 5.21. The van der Waals surface area contributed by atoms with Crippen molar-refractivity contribution < 1.29 is 8.78 Å². The lowest BCUT2D eigenvalue weighted by Gasteiger charge is -2.17. The van der Waals surface area contributed by atoms with Crippen LogP contribution in [0.3, 0.4) is 0 Å². The van der Waals surface area contributed by atoms with E-state index < -0.39 is 11.6 Å². The molecule has 1 unspecified atom stereocenters. The predicted octanol–water partition coefficient (Wildman–Crippen LogP) is 2.65. The molecule has 100 valence electrons. The van der Waals surface area contributed by atoms with Crippen molar-refractivity contribution in [3.05, 3.63) is 59.7 Å². The summed E-state index contributed by atoms with van der Waals surface area (Å²) < 4.78 is 26.9. The maximum Gasteiger partial charge on any atom is 0.162 e. The van der Waals surface area contributed by atoms with Crippen LogP contribution in [0.4, 0.5) is 8.78 Å². The van der Waals surface area contributed by atoms with Crippen molar-refractivity contribution in [3.8, 4) is 0 Å². The van der Waals surface area contributed by atoms with Crippen LogP contribution < -0.4 is 5.32 Å². The number of aromatic nitrogens is 2. The topological polar surface area (TPSA) is 37.8 Å². The molecule has 1 aromatic carbocycles. The second-order valence-electron chi connectivity index (χ2n) is 4.16. The Morgan fingerprint density at radius 1 is 1.26 bits per heavy atom. The molecule has 1 heterocycles. The third-order valence-corrected chi connectivity index (χ3v) is 2.85. The molecular formula is C14H15F2N3. The molecule has 0 fully saturated rings. The molecule has 0 bridgehead atoms. The van der Waals surface area contributed by atoms with Gasteiger partial charge >= 0.3 is 0 Å². The largest absolute Gasteiger partial charge is 0.309 e. The van der Waals surface area contributed by atoms with Gasteiger partial charge in [-0.3, -0.25) is 9.97 Å². The first kappa shape index (κ1) is 13.5. The van der Waals surface area contributed by atoms with Crippen LogP contribution in [-0.2, 0) is 6.42 Å². The fraction of sp³-hybridized carbons (Fsp3) is 0.286. The van der Waals surface area contributed by atoms with E-state index in [4.69, 9.17) is 0 Å². The molecule has 0 saturated carbocycles. The summed E-state index contributed by atoms with van der Waals surface area (Å²) in [5.41, 5.74) is 1.05. The Morgan fingerprint density at radius 2 is 2.11 bits per heavy atom. The van der Waals surface area contributed by atoms with Crippen LogP contribution in [0, 0.1) is 11.6 Å². The van der Waals surface area contributed by atoms with Crippen molar-refractivity contribution >= 4 is 0 Å². The Hall–Kier alpha value is -1.88. The van der Waals surface area contributed by atoms with Crippen LogP contribution in [-0.4, -0.2) is 16.5 Å². The van der Waals surface area contributed by atoms with Crippen molar-refractivity contribution in [2.24, 2.45) is 0 Å². The van der Waals surface area contributed by atoms with E-state index in [9.17, 15) is 8.78 Å². The normalized spacial score (nSPS) is 12.4. The Balaban J connectivity index is 2.24. The molecule has 0 aliphatic carbocycles. The molecule has 1 aromatic heterocycles. The molecule has 2 aromatic rings. The summed E-state index contributed by atoms with van der Waals surface area (Å²) in [5, 5.41) is 3.20. The van der Waals surface area contributed by atoms with E-state index in [1.54, 1.807) is 24.7 Å². The van der Waals surface area contributed by atoms with Crippen molar-refractivity contribution in [3.63, 3.8) is 0 Å². The highest BCUT2D eigenvalue weighted by Crippen LogP contribution is 2.19. The van der Waals surface area contributed by atoms with Crippen LogP contribution in [0.25, 0.3) is 0 Å². The molecule has 0 aliphatic heterocycles. The van der Waals surface area contributed by atoms with Gasteiger partial charge in [-0.1, -0.05) is 19.1 Å². The van der Waals surface area contributed by atoms with Crippen molar-refractivity contribution in [2.75, 3.05) is 6.54 Å². The average molecular weight is 263 g/mol. The fourth-order valence-corrected chi connectivity index (χ4v) is 1.94. The van der Waals surface area contributed by atoms with Crippen LogP contribution in [0.5, 0.6) is 0 Å². The van der Waals surface area contributed by atoms with Crippen LogP contribution >= 0.6 is 0 Å². The zero-order valence-corrected chi connectivity index (χ0v) is 10.6. The van der Waals surface area contributed by atoms with Crippen molar-refractivity contribution in [1.29, 1.82) is 0 Å². The average Bonchev–Trinajstić information content (AvgIpc) is 2.44. The Labute approximate surface area is 110 Å². The van der Waals surface area contributed by atoms with Crippen molar-refractivity contribution in [1.82, 2.24) is 15.3 Å². The summed E-state index contributed by atoms with van der Waals surface area (Å²) in [5.74, 6) is -1.62. The number of nitrogens with one attached hydrogen (secondary N) is 1. The maximum absolute atomic E-state index is 13.7. The van der Waals surface area contributed by atoms with Crippen LogP contribution in [0.15, 0.2) is 36.8 Å². The van der Waals surface area contributed by atoms with Gasteiger partial charge in [0.05, 0.1) is 11.7 Å². The molecule has 3 nitrogen and oxygen atoms in total. The second kappa shape index (κ2) is 6.33. The van der Waals surface area contributed by atoms with E-state index in [2.05, 4.69) is 15.3 Å². The lowest BCUT2D eigenvalue weighted by molar-refractivity contribution is 0.477. The first-order chi connectivity index (χ1) is 9.22. The predicted molar refractivity (Wildman–Crippen MR) is 68.5 cm³/mol. The maximum atomic E-state index is 13.7. The molecule has 0 radical (unpaired) electrons. The van der Waals surface area contributed by atoms with Gasteiger partial charge in [-0.2, -0.15) is 0 Å². The van der Waals surface area contributed by atoms with Gasteiger partial charge in [-0.05, 0) is 24.6 Å². The summed E-state index contributed by atoms with van der Waals surface area (Å²) in [6, 6.07) is 4.02.